The zero-order valence-corrected chi connectivity index (χ0v) is 13.2. The van der Waals surface area contributed by atoms with Gasteiger partial charge in [0.15, 0.2) is 0 Å². The van der Waals surface area contributed by atoms with E-state index in [-0.39, 0.29) is 5.97 Å². The van der Waals surface area contributed by atoms with Crippen molar-refractivity contribution in [1.82, 2.24) is 4.57 Å². The third-order valence-electron chi connectivity index (χ3n) is 3.33. The number of nitriles is 1. The molecule has 22 heavy (non-hydrogen) atoms. The number of nitrogens with zero attached hydrogens (tertiary/aromatic N) is 2. The fraction of sp³-hybridized carbons (Fsp3) is 0.333. The van der Waals surface area contributed by atoms with Crippen LogP contribution in [-0.4, -0.2) is 17.1 Å². The maximum Gasteiger partial charge on any atom is 0.338 e. The first-order chi connectivity index (χ1) is 10.5. The van der Waals surface area contributed by atoms with Crippen molar-refractivity contribution >= 4 is 5.97 Å². The Kier molecular flexibility index (Phi) is 5.00. The smallest absolute Gasteiger partial charge is 0.338 e. The summed E-state index contributed by atoms with van der Waals surface area (Å²) in [4.78, 5) is 11.6. The average molecular weight is 296 g/mol. The highest BCUT2D eigenvalue weighted by molar-refractivity contribution is 5.89. The number of benzene rings is 1. The summed E-state index contributed by atoms with van der Waals surface area (Å²) in [5.41, 5.74) is 3.19. The van der Waals surface area contributed by atoms with Gasteiger partial charge in [0.25, 0.3) is 0 Å². The van der Waals surface area contributed by atoms with Crippen molar-refractivity contribution in [2.24, 2.45) is 5.92 Å². The molecule has 0 saturated carbocycles. The Hall–Kier alpha value is -2.54. The van der Waals surface area contributed by atoms with Crippen LogP contribution in [0.4, 0.5) is 0 Å². The van der Waals surface area contributed by atoms with Crippen molar-refractivity contribution in [3.8, 4) is 11.8 Å². The number of carbonyl (C=O) groups is 1. The molecule has 4 heteroatoms. The number of ether oxygens (including phenoxy) is 1. The highest BCUT2D eigenvalue weighted by Crippen LogP contribution is 2.19. The predicted molar refractivity (Wildman–Crippen MR) is 85.0 cm³/mol. The lowest BCUT2D eigenvalue weighted by molar-refractivity contribution is 0.0526. The Labute approximate surface area is 130 Å². The zero-order valence-electron chi connectivity index (χ0n) is 13.2. The molecule has 0 bridgehead atoms. The molecule has 114 valence electrons. The van der Waals surface area contributed by atoms with Gasteiger partial charge in [-0.05, 0) is 49.1 Å². The third kappa shape index (κ3) is 3.56. The van der Waals surface area contributed by atoms with Crippen LogP contribution in [0.15, 0.2) is 36.7 Å². The molecular weight excluding hydrogens is 276 g/mol. The van der Waals surface area contributed by atoms with Crippen molar-refractivity contribution in [3.05, 3.63) is 53.3 Å². The Morgan fingerprint density at radius 3 is 2.50 bits per heavy atom. The molecule has 2 rings (SSSR count). The fourth-order valence-electron chi connectivity index (χ4n) is 2.33. The van der Waals surface area contributed by atoms with Crippen molar-refractivity contribution in [1.29, 1.82) is 5.26 Å². The van der Waals surface area contributed by atoms with E-state index in [1.54, 1.807) is 19.1 Å². The van der Waals surface area contributed by atoms with Crippen LogP contribution in [0.5, 0.6) is 0 Å². The van der Waals surface area contributed by atoms with E-state index in [4.69, 9.17) is 4.74 Å². The van der Waals surface area contributed by atoms with Gasteiger partial charge in [0, 0.05) is 18.1 Å². The van der Waals surface area contributed by atoms with Gasteiger partial charge in [0.05, 0.1) is 17.7 Å². The average Bonchev–Trinajstić information content (AvgIpc) is 2.90. The minimum Gasteiger partial charge on any atom is -0.462 e. The van der Waals surface area contributed by atoms with Crippen molar-refractivity contribution in [3.63, 3.8) is 0 Å². The van der Waals surface area contributed by atoms with Crippen LogP contribution in [-0.2, 0) is 11.2 Å². The number of carbonyl (C=O) groups excluding carboxylic acids is 1. The van der Waals surface area contributed by atoms with Crippen LogP contribution in [0.2, 0.25) is 0 Å². The summed E-state index contributed by atoms with van der Waals surface area (Å²) in [6.45, 7) is 6.41. The monoisotopic (exact) mass is 296 g/mol. The topological polar surface area (TPSA) is 55.0 Å². The normalized spacial score (nSPS) is 10.5. The van der Waals surface area contributed by atoms with Crippen molar-refractivity contribution in [2.75, 3.05) is 6.61 Å². The number of rotatable bonds is 5. The Morgan fingerprint density at radius 2 is 1.95 bits per heavy atom. The Morgan fingerprint density at radius 1 is 1.27 bits per heavy atom. The molecule has 0 radical (unpaired) electrons. The van der Waals surface area contributed by atoms with Gasteiger partial charge in [-0.3, -0.25) is 0 Å². The van der Waals surface area contributed by atoms with Gasteiger partial charge in [-0.2, -0.15) is 5.26 Å². The van der Waals surface area contributed by atoms with E-state index in [9.17, 15) is 10.1 Å². The Balaban J connectivity index is 2.27. The molecule has 2 aromatic rings. The lowest BCUT2D eigenvalue weighted by atomic mass is 10.0. The fourth-order valence-corrected chi connectivity index (χ4v) is 2.33. The molecule has 0 spiro atoms. The SMILES string of the molecule is CCOC(=O)c1ccc(-n2cc(C#N)c(CC(C)C)c2)cc1. The van der Waals surface area contributed by atoms with Crippen LogP contribution in [0.1, 0.15) is 42.3 Å². The molecule has 1 aromatic heterocycles. The van der Waals surface area contributed by atoms with Gasteiger partial charge >= 0.3 is 5.97 Å². The molecule has 0 fully saturated rings. The van der Waals surface area contributed by atoms with E-state index in [0.29, 0.717) is 23.7 Å². The van der Waals surface area contributed by atoms with Gasteiger partial charge in [0.1, 0.15) is 6.07 Å². The second-order valence-corrected chi connectivity index (χ2v) is 5.58. The number of esters is 1. The molecule has 1 aromatic carbocycles. The number of aromatic nitrogens is 1. The molecule has 0 saturated heterocycles. The quantitative estimate of drug-likeness (QED) is 0.790. The summed E-state index contributed by atoms with van der Waals surface area (Å²) in [5, 5.41) is 9.24. The van der Waals surface area contributed by atoms with E-state index in [2.05, 4.69) is 19.9 Å². The van der Waals surface area contributed by atoms with Gasteiger partial charge in [-0.25, -0.2) is 4.79 Å². The summed E-state index contributed by atoms with van der Waals surface area (Å²) in [6, 6.07) is 9.43. The number of hydrogen-bond donors (Lipinski definition) is 0. The summed E-state index contributed by atoms with van der Waals surface area (Å²) in [7, 11) is 0. The van der Waals surface area contributed by atoms with E-state index in [1.165, 1.54) is 0 Å². The zero-order chi connectivity index (χ0) is 16.1. The minimum absolute atomic E-state index is 0.320. The highest BCUT2D eigenvalue weighted by Gasteiger charge is 2.10. The maximum absolute atomic E-state index is 11.6. The van der Waals surface area contributed by atoms with Crippen LogP contribution >= 0.6 is 0 Å². The standard InChI is InChI=1S/C18H20N2O2/c1-4-22-18(21)14-5-7-17(8-6-14)20-11-15(9-13(2)3)16(10-19)12-20/h5-8,11-13H,4,9H2,1-3H3. The molecule has 0 unspecified atom stereocenters. The van der Waals surface area contributed by atoms with Crippen molar-refractivity contribution < 1.29 is 9.53 Å². The molecule has 0 amide bonds. The van der Waals surface area contributed by atoms with Crippen LogP contribution in [0, 0.1) is 17.2 Å². The second-order valence-electron chi connectivity index (χ2n) is 5.58. The molecule has 1 heterocycles. The lowest BCUT2D eigenvalue weighted by Gasteiger charge is -2.05. The van der Waals surface area contributed by atoms with E-state index < -0.39 is 0 Å². The summed E-state index contributed by atoms with van der Waals surface area (Å²) >= 11 is 0. The molecular formula is C18H20N2O2. The first kappa shape index (κ1) is 15.8. The van der Waals surface area contributed by atoms with Crippen LogP contribution in [0.25, 0.3) is 5.69 Å². The highest BCUT2D eigenvalue weighted by atomic mass is 16.5. The lowest BCUT2D eigenvalue weighted by Crippen LogP contribution is -2.04. The summed E-state index contributed by atoms with van der Waals surface area (Å²) in [6.07, 6.45) is 4.69. The largest absolute Gasteiger partial charge is 0.462 e. The first-order valence-corrected chi connectivity index (χ1v) is 7.43. The maximum atomic E-state index is 11.6. The van der Waals surface area contributed by atoms with Crippen LogP contribution < -0.4 is 0 Å². The Bertz CT molecular complexity index is 691. The minimum atomic E-state index is -0.320. The molecule has 0 atom stereocenters. The second kappa shape index (κ2) is 6.95. The van der Waals surface area contributed by atoms with Gasteiger partial charge in [-0.15, -0.1) is 0 Å². The van der Waals surface area contributed by atoms with E-state index in [1.807, 2.05) is 29.1 Å². The van der Waals surface area contributed by atoms with E-state index in [0.717, 1.165) is 17.7 Å². The summed E-state index contributed by atoms with van der Waals surface area (Å²) < 4.78 is 6.89. The van der Waals surface area contributed by atoms with Crippen molar-refractivity contribution in [2.45, 2.75) is 27.2 Å². The molecule has 0 aliphatic heterocycles. The van der Waals surface area contributed by atoms with E-state index >= 15 is 0 Å². The summed E-state index contributed by atoms with van der Waals surface area (Å²) in [5.74, 6) is 0.175. The molecule has 4 nitrogen and oxygen atoms in total. The number of hydrogen-bond acceptors (Lipinski definition) is 3. The first-order valence-electron chi connectivity index (χ1n) is 7.43. The van der Waals surface area contributed by atoms with Gasteiger partial charge < -0.3 is 9.30 Å². The van der Waals surface area contributed by atoms with Gasteiger partial charge in [0.2, 0.25) is 0 Å². The predicted octanol–water partition coefficient (Wildman–Crippen LogP) is 3.72. The third-order valence-corrected chi connectivity index (χ3v) is 3.33. The van der Waals surface area contributed by atoms with Crippen LogP contribution in [0.3, 0.4) is 0 Å². The molecule has 0 aliphatic rings. The molecule has 0 N–H and O–H groups in total. The molecule has 0 aliphatic carbocycles. The van der Waals surface area contributed by atoms with Gasteiger partial charge in [-0.1, -0.05) is 13.8 Å².